The Morgan fingerprint density at radius 3 is 2.12 bits per heavy atom. The van der Waals surface area contributed by atoms with Gasteiger partial charge in [0.25, 0.3) is 5.91 Å². The minimum absolute atomic E-state index is 0.0326. The van der Waals surface area contributed by atoms with Gasteiger partial charge in [-0.05, 0) is 75.0 Å². The second kappa shape index (κ2) is 8.65. The fourth-order valence-electron chi connectivity index (χ4n) is 5.10. The van der Waals surface area contributed by atoms with Crippen molar-refractivity contribution in [1.29, 1.82) is 0 Å². The van der Waals surface area contributed by atoms with Crippen molar-refractivity contribution in [2.45, 2.75) is 81.0 Å². The molecule has 1 heterocycles. The lowest BCUT2D eigenvalue weighted by Crippen LogP contribution is -2.51. The number of primary amides is 1. The monoisotopic (exact) mass is 482 g/mol. The molecule has 3 aliphatic rings. The average molecular weight is 483 g/mol. The van der Waals surface area contributed by atoms with Crippen molar-refractivity contribution >= 4 is 23.6 Å². The van der Waals surface area contributed by atoms with Crippen LogP contribution >= 0.6 is 11.8 Å². The Kier molecular flexibility index (Phi) is 6.33. The number of amides is 2. The second-order valence-corrected chi connectivity index (χ2v) is 10.7. The molecule has 3 N–H and O–H groups in total. The van der Waals surface area contributed by atoms with Crippen LogP contribution < -0.4 is 5.73 Å². The summed E-state index contributed by atoms with van der Waals surface area (Å²) in [6.07, 6.45) is 2.43. The molecule has 2 aliphatic carbocycles. The number of carbonyl (C=O) groups excluding carboxylic acids is 2. The number of alkyl halides is 3. The number of thioether (sulfide) groups is 1. The van der Waals surface area contributed by atoms with E-state index in [2.05, 4.69) is 6.08 Å². The zero-order valence-electron chi connectivity index (χ0n) is 18.5. The van der Waals surface area contributed by atoms with Gasteiger partial charge in [0.1, 0.15) is 0 Å². The molecule has 0 spiro atoms. The smallest absolute Gasteiger partial charge is 0.376 e. The third kappa shape index (κ3) is 4.41. The molecular formula is C24H29F3N2O3S. The fraction of sp³-hybridized carbons (Fsp3) is 0.583. The van der Waals surface area contributed by atoms with E-state index in [-0.39, 0.29) is 34.7 Å². The van der Waals surface area contributed by atoms with Crippen molar-refractivity contribution in [3.63, 3.8) is 0 Å². The molecule has 5 nitrogen and oxygen atoms in total. The molecule has 2 atom stereocenters. The van der Waals surface area contributed by atoms with Crippen molar-refractivity contribution in [3.05, 3.63) is 46.9 Å². The number of benzene rings is 1. The minimum Gasteiger partial charge on any atom is -0.376 e. The number of hydrogen-bond donors (Lipinski definition) is 2. The molecule has 33 heavy (non-hydrogen) atoms. The van der Waals surface area contributed by atoms with E-state index in [1.165, 1.54) is 12.1 Å². The van der Waals surface area contributed by atoms with Crippen molar-refractivity contribution in [2.24, 2.45) is 11.1 Å². The third-order valence-electron chi connectivity index (χ3n) is 7.46. The Labute approximate surface area is 195 Å². The van der Waals surface area contributed by atoms with Crippen molar-refractivity contribution < 1.29 is 27.9 Å². The van der Waals surface area contributed by atoms with Crippen LogP contribution in [0.5, 0.6) is 0 Å². The topological polar surface area (TPSA) is 83.6 Å². The Morgan fingerprint density at radius 1 is 1.09 bits per heavy atom. The van der Waals surface area contributed by atoms with E-state index in [1.54, 1.807) is 11.8 Å². The number of hydrogen-bond acceptors (Lipinski definition) is 4. The molecule has 0 bridgehead atoms. The second-order valence-electron chi connectivity index (χ2n) is 9.57. The van der Waals surface area contributed by atoms with Gasteiger partial charge < -0.3 is 15.7 Å². The Bertz CT molecular complexity index is 925. The zero-order valence-corrected chi connectivity index (χ0v) is 19.3. The van der Waals surface area contributed by atoms with Gasteiger partial charge in [0.05, 0.1) is 5.41 Å². The molecule has 0 aromatic heterocycles. The maximum Gasteiger partial charge on any atom is 0.421 e. The van der Waals surface area contributed by atoms with Crippen LogP contribution in [-0.2, 0) is 10.4 Å². The van der Waals surface area contributed by atoms with Crippen molar-refractivity contribution in [3.8, 4) is 0 Å². The molecule has 2 saturated carbocycles. The fourth-order valence-corrected chi connectivity index (χ4v) is 6.34. The first-order chi connectivity index (χ1) is 15.5. The zero-order chi connectivity index (χ0) is 24.0. The summed E-state index contributed by atoms with van der Waals surface area (Å²) in [5, 5.41) is 12.0. The number of carbonyl (C=O) groups is 2. The highest BCUT2D eigenvalue weighted by molar-refractivity contribution is 8.03. The summed E-state index contributed by atoms with van der Waals surface area (Å²) in [6.45, 7) is 0.700. The van der Waals surface area contributed by atoms with Gasteiger partial charge in [-0.15, -0.1) is 11.8 Å². The Balaban J connectivity index is 1.49. The summed E-state index contributed by atoms with van der Waals surface area (Å²) in [4.78, 5) is 27.7. The Morgan fingerprint density at radius 2 is 1.67 bits per heavy atom. The van der Waals surface area contributed by atoms with Gasteiger partial charge in [0.15, 0.2) is 5.60 Å². The van der Waals surface area contributed by atoms with Gasteiger partial charge in [-0.1, -0.05) is 18.2 Å². The summed E-state index contributed by atoms with van der Waals surface area (Å²) >= 11 is 1.65. The van der Waals surface area contributed by atoms with E-state index >= 15 is 0 Å². The minimum atomic E-state index is -4.82. The first-order valence-corrected chi connectivity index (χ1v) is 12.2. The molecule has 1 aromatic rings. The molecule has 2 amide bonds. The molecule has 1 aliphatic heterocycles. The van der Waals surface area contributed by atoms with E-state index in [0.717, 1.165) is 31.4 Å². The number of allylic oxidation sites excluding steroid dienone is 1. The lowest BCUT2D eigenvalue weighted by atomic mass is 9.68. The van der Waals surface area contributed by atoms with Gasteiger partial charge >= 0.3 is 6.18 Å². The van der Waals surface area contributed by atoms with Crippen LogP contribution in [0.3, 0.4) is 0 Å². The van der Waals surface area contributed by atoms with E-state index in [1.807, 2.05) is 10.3 Å². The SMILES string of the molecule is C[C@](O)(c1ccc(C(=O)N(C2CC2)C2CCC(C(N)=O)(C3CC=CS3)CC2)cc1)C(F)(F)F. The number of nitrogens with two attached hydrogens (primary N) is 1. The predicted molar refractivity (Wildman–Crippen MR) is 120 cm³/mol. The van der Waals surface area contributed by atoms with Gasteiger partial charge in [0, 0.05) is 22.9 Å². The highest BCUT2D eigenvalue weighted by Crippen LogP contribution is 2.49. The highest BCUT2D eigenvalue weighted by Gasteiger charge is 2.52. The summed E-state index contributed by atoms with van der Waals surface area (Å²) in [5.41, 5.74) is 2.27. The van der Waals surface area contributed by atoms with Crippen LogP contribution in [0.1, 0.15) is 67.8 Å². The maximum absolute atomic E-state index is 13.4. The number of rotatable bonds is 6. The molecule has 2 fully saturated rings. The average Bonchev–Trinajstić information content (AvgIpc) is 3.44. The predicted octanol–water partition coefficient (Wildman–Crippen LogP) is 4.49. The quantitative estimate of drug-likeness (QED) is 0.626. The van der Waals surface area contributed by atoms with Crippen molar-refractivity contribution in [1.82, 2.24) is 4.90 Å². The maximum atomic E-state index is 13.4. The summed E-state index contributed by atoms with van der Waals surface area (Å²) < 4.78 is 39.4. The summed E-state index contributed by atoms with van der Waals surface area (Å²) in [6, 6.07) is 5.11. The normalized spacial score (nSPS) is 29.5. The lowest BCUT2D eigenvalue weighted by molar-refractivity contribution is -0.258. The number of aliphatic hydroxyl groups is 1. The first-order valence-electron chi connectivity index (χ1n) is 11.3. The van der Waals surface area contributed by atoms with Gasteiger partial charge in [-0.25, -0.2) is 0 Å². The molecule has 0 saturated heterocycles. The van der Waals surface area contributed by atoms with Crippen LogP contribution in [-0.4, -0.2) is 45.3 Å². The standard InChI is InChI=1S/C24H29F3N2O3S/c1-22(32,24(25,26)27)16-6-4-15(5-7-16)20(30)29(17-8-9-17)18-10-12-23(13-11-18,21(28)31)19-3-2-14-33-19/h2,4-7,14,17-19,32H,3,8-13H2,1H3,(H2,28,31)/t18?,19?,22-,23?/m0/s1. The molecule has 0 radical (unpaired) electrons. The van der Waals surface area contributed by atoms with E-state index in [4.69, 9.17) is 5.73 Å². The van der Waals surface area contributed by atoms with E-state index in [9.17, 15) is 27.9 Å². The highest BCUT2D eigenvalue weighted by atomic mass is 32.2. The van der Waals surface area contributed by atoms with Crippen LogP contribution in [0.15, 0.2) is 35.7 Å². The molecule has 9 heteroatoms. The van der Waals surface area contributed by atoms with E-state index in [0.29, 0.717) is 38.2 Å². The molecule has 180 valence electrons. The molecule has 4 rings (SSSR count). The summed E-state index contributed by atoms with van der Waals surface area (Å²) in [7, 11) is 0. The van der Waals surface area contributed by atoms with Crippen molar-refractivity contribution in [2.75, 3.05) is 0 Å². The lowest BCUT2D eigenvalue weighted by Gasteiger charge is -2.44. The number of halogens is 3. The van der Waals surface area contributed by atoms with E-state index < -0.39 is 17.2 Å². The van der Waals surface area contributed by atoms with Crippen LogP contribution in [0, 0.1) is 5.41 Å². The van der Waals surface area contributed by atoms with Crippen LogP contribution in [0.2, 0.25) is 0 Å². The van der Waals surface area contributed by atoms with Crippen LogP contribution in [0.25, 0.3) is 0 Å². The molecule has 1 aromatic carbocycles. The van der Waals surface area contributed by atoms with Gasteiger partial charge in [-0.3, -0.25) is 9.59 Å². The van der Waals surface area contributed by atoms with Gasteiger partial charge in [0.2, 0.25) is 5.91 Å². The van der Waals surface area contributed by atoms with Crippen LogP contribution in [0.4, 0.5) is 13.2 Å². The summed E-state index contributed by atoms with van der Waals surface area (Å²) in [5.74, 6) is -0.497. The first kappa shape index (κ1) is 24.1. The Hall–Kier alpha value is -2.00. The van der Waals surface area contributed by atoms with Gasteiger partial charge in [-0.2, -0.15) is 13.2 Å². The number of nitrogens with zero attached hydrogens (tertiary/aromatic N) is 1. The molecular weight excluding hydrogens is 453 g/mol. The third-order valence-corrected chi connectivity index (χ3v) is 8.78. The molecule has 1 unspecified atom stereocenters. The largest absolute Gasteiger partial charge is 0.421 e.